The molecule has 1 aromatic carbocycles. The first-order valence-corrected chi connectivity index (χ1v) is 9.57. The van der Waals surface area contributed by atoms with Crippen LogP contribution in [0, 0.1) is 0 Å². The van der Waals surface area contributed by atoms with Crippen LogP contribution in [0.5, 0.6) is 0 Å². The van der Waals surface area contributed by atoms with Gasteiger partial charge in [0.1, 0.15) is 0 Å². The summed E-state index contributed by atoms with van der Waals surface area (Å²) in [6.45, 7) is 1.59. The quantitative estimate of drug-likeness (QED) is 0.884. The molecule has 1 saturated heterocycles. The third-order valence-electron chi connectivity index (χ3n) is 4.19. The van der Waals surface area contributed by atoms with Crippen molar-refractivity contribution in [2.45, 2.75) is 12.2 Å². The van der Waals surface area contributed by atoms with Crippen LogP contribution in [0.3, 0.4) is 0 Å². The molecule has 0 aliphatic carbocycles. The number of aromatic nitrogens is 1. The fourth-order valence-electron chi connectivity index (χ4n) is 2.85. The summed E-state index contributed by atoms with van der Waals surface area (Å²) in [5.74, 6) is 0.0419. The predicted octanol–water partition coefficient (Wildman–Crippen LogP) is 1.23. The van der Waals surface area contributed by atoms with E-state index in [-0.39, 0.29) is 11.7 Å². The lowest BCUT2D eigenvalue weighted by atomic mass is 10.2. The minimum atomic E-state index is -3.35. The summed E-state index contributed by atoms with van der Waals surface area (Å²) in [7, 11) is -3.35. The van der Waals surface area contributed by atoms with Crippen molar-refractivity contribution >= 4 is 15.9 Å². The molecule has 24 heavy (non-hydrogen) atoms. The average molecular weight is 347 g/mol. The average Bonchev–Trinajstić information content (AvgIpc) is 3.08. The predicted molar refractivity (Wildman–Crippen MR) is 91.7 cm³/mol. The molecule has 2 heterocycles. The number of aromatic amines is 1. The SMILES string of the molecule is O=C(Cc1cc[nH]c1)N1CCN(S(=O)(=O)Cc2ccccc2)CC1. The minimum absolute atomic E-state index is 0.00510. The second-order valence-corrected chi connectivity index (χ2v) is 7.89. The number of sulfonamides is 1. The zero-order valence-corrected chi connectivity index (χ0v) is 14.2. The van der Waals surface area contributed by atoms with E-state index in [2.05, 4.69) is 4.98 Å². The molecule has 0 unspecified atom stereocenters. The maximum Gasteiger partial charge on any atom is 0.227 e. The van der Waals surface area contributed by atoms with Gasteiger partial charge in [-0.25, -0.2) is 8.42 Å². The molecule has 0 saturated carbocycles. The fourth-order valence-corrected chi connectivity index (χ4v) is 4.36. The van der Waals surface area contributed by atoms with Crippen molar-refractivity contribution in [1.29, 1.82) is 0 Å². The van der Waals surface area contributed by atoms with Gasteiger partial charge in [0.25, 0.3) is 0 Å². The van der Waals surface area contributed by atoms with Gasteiger partial charge in [-0.1, -0.05) is 30.3 Å². The summed E-state index contributed by atoms with van der Waals surface area (Å²) < 4.78 is 26.5. The van der Waals surface area contributed by atoms with Gasteiger partial charge in [-0.05, 0) is 17.2 Å². The van der Waals surface area contributed by atoms with E-state index in [0.717, 1.165) is 11.1 Å². The van der Waals surface area contributed by atoms with E-state index in [1.165, 1.54) is 4.31 Å². The Morgan fingerprint density at radius 1 is 1.00 bits per heavy atom. The Hall–Kier alpha value is -2.12. The van der Waals surface area contributed by atoms with E-state index in [4.69, 9.17) is 0 Å². The number of hydrogen-bond acceptors (Lipinski definition) is 3. The van der Waals surface area contributed by atoms with Crippen LogP contribution in [0.1, 0.15) is 11.1 Å². The first-order valence-electron chi connectivity index (χ1n) is 7.96. The van der Waals surface area contributed by atoms with E-state index in [9.17, 15) is 13.2 Å². The van der Waals surface area contributed by atoms with E-state index in [1.54, 1.807) is 17.3 Å². The highest BCUT2D eigenvalue weighted by molar-refractivity contribution is 7.88. The largest absolute Gasteiger partial charge is 0.367 e. The highest BCUT2D eigenvalue weighted by atomic mass is 32.2. The molecular formula is C17H21N3O3S. The second kappa shape index (κ2) is 7.19. The van der Waals surface area contributed by atoms with Crippen LogP contribution in [0.4, 0.5) is 0 Å². The van der Waals surface area contributed by atoms with Crippen LogP contribution in [-0.2, 0) is 27.0 Å². The molecule has 6 nitrogen and oxygen atoms in total. The summed E-state index contributed by atoms with van der Waals surface area (Å²) in [6, 6.07) is 11.0. The molecule has 1 fully saturated rings. The highest BCUT2D eigenvalue weighted by Gasteiger charge is 2.28. The highest BCUT2D eigenvalue weighted by Crippen LogP contribution is 2.14. The zero-order valence-electron chi connectivity index (χ0n) is 13.4. The molecular weight excluding hydrogens is 326 g/mol. The van der Waals surface area contributed by atoms with Gasteiger partial charge in [0, 0.05) is 38.6 Å². The number of amides is 1. The smallest absolute Gasteiger partial charge is 0.227 e. The van der Waals surface area contributed by atoms with Crippen molar-refractivity contribution in [3.05, 3.63) is 59.9 Å². The van der Waals surface area contributed by atoms with Gasteiger partial charge in [-0.15, -0.1) is 0 Å². The van der Waals surface area contributed by atoms with Crippen LogP contribution in [0.2, 0.25) is 0 Å². The number of hydrogen-bond donors (Lipinski definition) is 1. The van der Waals surface area contributed by atoms with Gasteiger partial charge < -0.3 is 9.88 Å². The van der Waals surface area contributed by atoms with Crippen molar-refractivity contribution in [2.24, 2.45) is 0 Å². The minimum Gasteiger partial charge on any atom is -0.367 e. The van der Waals surface area contributed by atoms with Gasteiger partial charge in [0.15, 0.2) is 0 Å². The van der Waals surface area contributed by atoms with Crippen LogP contribution in [-0.4, -0.2) is 54.7 Å². The molecule has 2 aromatic rings. The summed E-state index contributed by atoms with van der Waals surface area (Å²) in [6.07, 6.45) is 3.94. The van der Waals surface area contributed by atoms with E-state index in [1.807, 2.05) is 36.4 Å². The Morgan fingerprint density at radius 3 is 2.33 bits per heavy atom. The van der Waals surface area contributed by atoms with Gasteiger partial charge in [0.05, 0.1) is 12.2 Å². The van der Waals surface area contributed by atoms with Crippen molar-refractivity contribution in [3.63, 3.8) is 0 Å². The molecule has 1 aliphatic heterocycles. The molecule has 0 spiro atoms. The lowest BCUT2D eigenvalue weighted by molar-refractivity contribution is -0.131. The standard InChI is InChI=1S/C17H21N3O3S/c21-17(12-16-6-7-18-13-16)19-8-10-20(11-9-19)24(22,23)14-15-4-2-1-3-5-15/h1-7,13,18H,8-12,14H2. The van der Waals surface area contributed by atoms with Crippen molar-refractivity contribution in [1.82, 2.24) is 14.2 Å². The molecule has 0 atom stereocenters. The Bertz CT molecular complexity index is 765. The van der Waals surface area contributed by atoms with Gasteiger partial charge in [-0.3, -0.25) is 4.79 Å². The molecule has 0 bridgehead atoms. The van der Waals surface area contributed by atoms with Crippen LogP contribution in [0.15, 0.2) is 48.8 Å². The van der Waals surface area contributed by atoms with Crippen molar-refractivity contribution < 1.29 is 13.2 Å². The molecule has 1 amide bonds. The lowest BCUT2D eigenvalue weighted by Gasteiger charge is -2.34. The third-order valence-corrected chi connectivity index (χ3v) is 6.04. The maximum atomic E-state index is 12.5. The molecule has 1 aliphatic rings. The van der Waals surface area contributed by atoms with Gasteiger partial charge >= 0.3 is 0 Å². The van der Waals surface area contributed by atoms with Crippen LogP contribution in [0.25, 0.3) is 0 Å². The number of rotatable bonds is 5. The Morgan fingerprint density at radius 2 is 1.71 bits per heavy atom. The maximum absolute atomic E-state index is 12.5. The van der Waals surface area contributed by atoms with Crippen molar-refractivity contribution in [2.75, 3.05) is 26.2 Å². The zero-order chi connectivity index (χ0) is 17.0. The molecule has 7 heteroatoms. The summed E-state index contributed by atoms with van der Waals surface area (Å²) in [5.41, 5.74) is 1.72. The Kier molecular flexibility index (Phi) is 5.01. The van der Waals surface area contributed by atoms with Gasteiger partial charge in [0.2, 0.25) is 15.9 Å². The number of carbonyl (C=O) groups excluding carboxylic acids is 1. The van der Waals surface area contributed by atoms with Crippen molar-refractivity contribution in [3.8, 4) is 0 Å². The molecule has 1 aromatic heterocycles. The number of nitrogens with one attached hydrogen (secondary N) is 1. The molecule has 0 radical (unpaired) electrons. The monoisotopic (exact) mass is 347 g/mol. The molecule has 128 valence electrons. The third kappa shape index (κ3) is 4.04. The van der Waals surface area contributed by atoms with Crippen LogP contribution < -0.4 is 0 Å². The second-order valence-electron chi connectivity index (χ2n) is 5.92. The lowest BCUT2D eigenvalue weighted by Crippen LogP contribution is -2.51. The molecule has 1 N–H and O–H groups in total. The molecule has 3 rings (SSSR count). The van der Waals surface area contributed by atoms with E-state index < -0.39 is 10.0 Å². The summed E-state index contributed by atoms with van der Waals surface area (Å²) >= 11 is 0. The topological polar surface area (TPSA) is 73.5 Å². The first kappa shape index (κ1) is 16.7. The number of H-pyrrole nitrogens is 1. The fraction of sp³-hybridized carbons (Fsp3) is 0.353. The normalized spacial score (nSPS) is 16.2. The summed E-state index contributed by atoms with van der Waals surface area (Å²) in [5, 5.41) is 0. The first-order chi connectivity index (χ1) is 11.5. The van der Waals surface area contributed by atoms with Gasteiger partial charge in [-0.2, -0.15) is 4.31 Å². The van der Waals surface area contributed by atoms with E-state index >= 15 is 0 Å². The number of piperazine rings is 1. The number of nitrogens with zero attached hydrogens (tertiary/aromatic N) is 2. The Labute approximate surface area is 142 Å². The van der Waals surface area contributed by atoms with Crippen LogP contribution >= 0.6 is 0 Å². The Balaban J connectivity index is 1.55. The number of carbonyl (C=O) groups is 1. The van der Waals surface area contributed by atoms with E-state index in [0.29, 0.717) is 32.6 Å². The summed E-state index contributed by atoms with van der Waals surface area (Å²) in [4.78, 5) is 16.9. The number of benzene rings is 1.